The fraction of sp³-hybridized carbons (Fsp3) is 1.00. The first-order valence-corrected chi connectivity index (χ1v) is 8.43. The lowest BCUT2D eigenvalue weighted by molar-refractivity contribution is 0.235. The van der Waals surface area contributed by atoms with Gasteiger partial charge in [0.2, 0.25) is 0 Å². The van der Waals surface area contributed by atoms with E-state index in [1.165, 1.54) is 0 Å². The molecular formula is C4H12Cl2O6P2. The highest BCUT2D eigenvalue weighted by atomic mass is 35.7. The Morgan fingerprint density at radius 1 is 1.07 bits per heavy atom. The third kappa shape index (κ3) is 23.1. The Hall–Kier alpha value is 0.880. The molecule has 10 heteroatoms. The van der Waals surface area contributed by atoms with E-state index in [4.69, 9.17) is 25.6 Å². The summed E-state index contributed by atoms with van der Waals surface area (Å²) in [5.41, 5.74) is 0. The van der Waals surface area contributed by atoms with Crippen LogP contribution in [-0.2, 0) is 18.2 Å². The van der Waals surface area contributed by atoms with Gasteiger partial charge in [0.25, 0.3) is 0 Å². The summed E-state index contributed by atoms with van der Waals surface area (Å²) < 4.78 is 29.0. The molecule has 0 aliphatic carbocycles. The average Bonchev–Trinajstić information content (AvgIpc) is 1.81. The first kappa shape index (κ1) is 17.3. The Morgan fingerprint density at radius 3 is 1.43 bits per heavy atom. The van der Waals surface area contributed by atoms with E-state index in [2.05, 4.69) is 20.3 Å². The largest absolute Gasteiger partial charge is 0.424 e. The fourth-order valence-corrected chi connectivity index (χ4v) is 1.62. The van der Waals surface area contributed by atoms with Crippen LogP contribution >= 0.6 is 36.4 Å². The monoisotopic (exact) mass is 288 g/mol. The van der Waals surface area contributed by atoms with E-state index >= 15 is 0 Å². The van der Waals surface area contributed by atoms with Crippen molar-refractivity contribution in [2.45, 2.75) is 13.8 Å². The zero-order valence-corrected chi connectivity index (χ0v) is 10.9. The third-order valence-corrected chi connectivity index (χ3v) is 2.29. The van der Waals surface area contributed by atoms with Crippen LogP contribution in [0.25, 0.3) is 0 Å². The van der Waals surface area contributed by atoms with E-state index < -0.39 is 13.9 Å². The SMILES string of the molecule is CCOP(=O)(Cl)OCC.O=P(O)(O)Cl. The second-order valence-electron chi connectivity index (χ2n) is 1.74. The van der Waals surface area contributed by atoms with Gasteiger partial charge in [0.15, 0.2) is 0 Å². The molecule has 0 aliphatic rings. The summed E-state index contributed by atoms with van der Waals surface area (Å²) in [6, 6.07) is 0. The van der Waals surface area contributed by atoms with Gasteiger partial charge in [-0.25, -0.2) is 9.13 Å². The Kier molecular flexibility index (Phi) is 9.97. The lowest BCUT2D eigenvalue weighted by Crippen LogP contribution is -1.88. The molecule has 0 radical (unpaired) electrons. The molecule has 0 unspecified atom stereocenters. The van der Waals surface area contributed by atoms with Crippen LogP contribution in [-0.4, -0.2) is 23.0 Å². The maximum Gasteiger partial charge on any atom is 0.424 e. The van der Waals surface area contributed by atoms with Gasteiger partial charge in [0.1, 0.15) is 0 Å². The minimum Gasteiger partial charge on any atom is -0.313 e. The van der Waals surface area contributed by atoms with Gasteiger partial charge in [0, 0.05) is 22.5 Å². The van der Waals surface area contributed by atoms with Crippen LogP contribution in [0.1, 0.15) is 13.8 Å². The highest BCUT2D eigenvalue weighted by Crippen LogP contribution is 2.53. The summed E-state index contributed by atoms with van der Waals surface area (Å²) in [6.07, 6.45) is 0. The lowest BCUT2D eigenvalue weighted by Gasteiger charge is -2.06. The smallest absolute Gasteiger partial charge is 0.313 e. The normalized spacial score (nSPS) is 11.9. The van der Waals surface area contributed by atoms with Gasteiger partial charge in [0.05, 0.1) is 13.2 Å². The van der Waals surface area contributed by atoms with Crippen LogP contribution in [0.3, 0.4) is 0 Å². The van der Waals surface area contributed by atoms with Crippen LogP contribution in [0.5, 0.6) is 0 Å². The van der Waals surface area contributed by atoms with Crippen molar-refractivity contribution in [3.8, 4) is 0 Å². The Bertz CT molecular complexity index is 210. The molecule has 14 heavy (non-hydrogen) atoms. The van der Waals surface area contributed by atoms with Gasteiger partial charge < -0.3 is 9.79 Å². The average molecular weight is 289 g/mol. The minimum atomic E-state index is -4.17. The zero-order chi connectivity index (χ0) is 11.8. The molecule has 0 aromatic carbocycles. The molecule has 0 fully saturated rings. The highest BCUT2D eigenvalue weighted by molar-refractivity contribution is 7.81. The van der Waals surface area contributed by atoms with Crippen LogP contribution in [0.15, 0.2) is 0 Å². The van der Waals surface area contributed by atoms with E-state index in [0.717, 1.165) is 0 Å². The van der Waals surface area contributed by atoms with E-state index in [1.54, 1.807) is 13.8 Å². The molecule has 0 saturated heterocycles. The van der Waals surface area contributed by atoms with Crippen molar-refractivity contribution in [1.29, 1.82) is 0 Å². The standard InChI is InChI=1S/C4H10ClO3P.ClH2O3P/c1-3-7-9(5,6)8-4-2;1-5(2,3)4/h3-4H2,1-2H3;(H2,2,3,4). The first-order valence-electron chi connectivity index (χ1n) is 3.46. The molecule has 88 valence electrons. The molecule has 0 spiro atoms. The van der Waals surface area contributed by atoms with Gasteiger partial charge in [-0.3, -0.25) is 9.05 Å². The molecule has 0 aliphatic heterocycles. The van der Waals surface area contributed by atoms with Crippen molar-refractivity contribution in [3.05, 3.63) is 0 Å². The lowest BCUT2D eigenvalue weighted by atomic mass is 10.9. The maximum absolute atomic E-state index is 10.7. The van der Waals surface area contributed by atoms with E-state index in [-0.39, 0.29) is 0 Å². The number of halogens is 2. The van der Waals surface area contributed by atoms with Crippen molar-refractivity contribution < 1.29 is 28.0 Å². The van der Waals surface area contributed by atoms with Gasteiger partial charge >= 0.3 is 13.9 Å². The molecule has 0 atom stereocenters. The van der Waals surface area contributed by atoms with Crippen LogP contribution in [0, 0.1) is 0 Å². The van der Waals surface area contributed by atoms with Crippen molar-refractivity contribution in [2.24, 2.45) is 0 Å². The summed E-state index contributed by atoms with van der Waals surface area (Å²) in [5.74, 6) is 0. The molecule has 0 amide bonds. The van der Waals surface area contributed by atoms with Crippen LogP contribution in [0.2, 0.25) is 0 Å². The molecule has 0 bridgehead atoms. The van der Waals surface area contributed by atoms with E-state index in [9.17, 15) is 4.57 Å². The molecule has 0 rings (SSSR count). The Morgan fingerprint density at radius 2 is 1.29 bits per heavy atom. The van der Waals surface area contributed by atoms with Crippen LogP contribution < -0.4 is 0 Å². The minimum absolute atomic E-state index is 0.306. The maximum atomic E-state index is 10.7. The molecule has 0 saturated carbocycles. The molecule has 6 nitrogen and oxygen atoms in total. The van der Waals surface area contributed by atoms with Crippen molar-refractivity contribution in [1.82, 2.24) is 0 Å². The number of rotatable bonds is 4. The van der Waals surface area contributed by atoms with E-state index in [1.807, 2.05) is 0 Å². The van der Waals surface area contributed by atoms with Crippen molar-refractivity contribution >= 4 is 36.4 Å². The van der Waals surface area contributed by atoms with Crippen LogP contribution in [0.4, 0.5) is 0 Å². The van der Waals surface area contributed by atoms with E-state index in [0.29, 0.717) is 13.2 Å². The summed E-state index contributed by atoms with van der Waals surface area (Å²) in [4.78, 5) is 14.8. The summed E-state index contributed by atoms with van der Waals surface area (Å²) >= 11 is 9.44. The molecular weight excluding hydrogens is 277 g/mol. The molecule has 0 aromatic heterocycles. The predicted octanol–water partition coefficient (Wildman–Crippen LogP) is 2.72. The van der Waals surface area contributed by atoms with Gasteiger partial charge in [-0.1, -0.05) is 0 Å². The topological polar surface area (TPSA) is 93.1 Å². The summed E-state index contributed by atoms with van der Waals surface area (Å²) in [5, 5.41) is 0. The number of hydrogen-bond donors (Lipinski definition) is 2. The molecule has 0 heterocycles. The fourth-order valence-electron chi connectivity index (χ4n) is 0.346. The zero-order valence-electron chi connectivity index (χ0n) is 7.59. The van der Waals surface area contributed by atoms with Gasteiger partial charge in [-0.15, -0.1) is 0 Å². The summed E-state index contributed by atoms with van der Waals surface area (Å²) in [7, 11) is 0. The highest BCUT2D eigenvalue weighted by Gasteiger charge is 2.17. The quantitative estimate of drug-likeness (QED) is 0.773. The van der Waals surface area contributed by atoms with Gasteiger partial charge in [-0.05, 0) is 13.8 Å². The number of hydrogen-bond acceptors (Lipinski definition) is 4. The van der Waals surface area contributed by atoms with Crippen molar-refractivity contribution in [2.75, 3.05) is 13.2 Å². The third-order valence-electron chi connectivity index (χ3n) is 0.567. The van der Waals surface area contributed by atoms with Gasteiger partial charge in [-0.2, -0.15) is 0 Å². The van der Waals surface area contributed by atoms with Crippen molar-refractivity contribution in [3.63, 3.8) is 0 Å². The predicted molar refractivity (Wildman–Crippen MR) is 54.6 cm³/mol. The molecule has 0 aromatic rings. The molecule has 2 N–H and O–H groups in total. The second kappa shape index (κ2) is 8.08. The second-order valence-corrected chi connectivity index (χ2v) is 6.63. The first-order chi connectivity index (χ1) is 6.12. The Labute approximate surface area is 91.8 Å². The Balaban J connectivity index is 0. The summed E-state index contributed by atoms with van der Waals surface area (Å²) in [6.45, 7) is -3.37.